The molecule has 0 bridgehead atoms. The number of hydrogen-bond donors (Lipinski definition) is 1. The molecule has 1 aliphatic heterocycles. The maximum Gasteiger partial charge on any atom is 0.101 e. The maximum atomic E-state index is 6.08. The van der Waals surface area contributed by atoms with Gasteiger partial charge in [0, 0.05) is 4.88 Å². The van der Waals surface area contributed by atoms with Crippen LogP contribution >= 0.6 is 38.9 Å². The summed E-state index contributed by atoms with van der Waals surface area (Å²) in [5.74, 6) is 0. The molecular weight excluding hydrogens is 326 g/mol. The molecule has 2 atom stereocenters. The second-order valence-electron chi connectivity index (χ2n) is 3.79. The summed E-state index contributed by atoms with van der Waals surface area (Å²) in [6.45, 7) is 4.94. The predicted molar refractivity (Wildman–Crippen MR) is 74.0 cm³/mol. The highest BCUT2D eigenvalue weighted by Gasteiger charge is 2.27. The van der Waals surface area contributed by atoms with Crippen LogP contribution in [0.25, 0.3) is 0 Å². The Morgan fingerprint density at radius 1 is 1.65 bits per heavy atom. The largest absolute Gasteiger partial charge is 0.376 e. The van der Waals surface area contributed by atoms with E-state index in [0.717, 1.165) is 15.4 Å². The van der Waals surface area contributed by atoms with Crippen molar-refractivity contribution in [2.24, 2.45) is 0 Å². The first kappa shape index (κ1) is 13.8. The van der Waals surface area contributed by atoms with Gasteiger partial charge >= 0.3 is 0 Å². The first-order chi connectivity index (χ1) is 8.22. The lowest BCUT2D eigenvalue weighted by molar-refractivity contribution is -0.102. The van der Waals surface area contributed by atoms with Gasteiger partial charge in [0.2, 0.25) is 0 Å². The maximum absolute atomic E-state index is 6.08. The first-order valence-corrected chi connectivity index (χ1v) is 7.58. The minimum absolute atomic E-state index is 0.0605. The monoisotopic (exact) mass is 339 g/mol. The quantitative estimate of drug-likeness (QED) is 0.913. The Morgan fingerprint density at radius 2 is 2.47 bits per heavy atom. The Bertz CT molecular complexity index is 349. The van der Waals surface area contributed by atoms with Crippen molar-refractivity contribution in [2.75, 3.05) is 26.4 Å². The molecule has 0 aromatic carbocycles. The van der Waals surface area contributed by atoms with Crippen molar-refractivity contribution >= 4 is 38.9 Å². The van der Waals surface area contributed by atoms with E-state index in [0.29, 0.717) is 19.8 Å². The normalized spacial score (nSPS) is 22.6. The fourth-order valence-electron chi connectivity index (χ4n) is 1.85. The molecule has 2 unspecified atom stereocenters. The summed E-state index contributed by atoms with van der Waals surface area (Å²) in [4.78, 5) is 1.18. The van der Waals surface area contributed by atoms with Crippen LogP contribution in [0.3, 0.4) is 0 Å². The van der Waals surface area contributed by atoms with E-state index in [2.05, 4.69) is 28.2 Å². The van der Waals surface area contributed by atoms with Crippen molar-refractivity contribution in [1.29, 1.82) is 0 Å². The number of nitrogens with one attached hydrogen (secondary N) is 1. The van der Waals surface area contributed by atoms with Crippen molar-refractivity contribution in [1.82, 2.24) is 5.32 Å². The van der Waals surface area contributed by atoms with Gasteiger partial charge in [-0.25, -0.2) is 0 Å². The van der Waals surface area contributed by atoms with Gasteiger partial charge in [-0.05, 0) is 28.5 Å². The van der Waals surface area contributed by atoms with Crippen molar-refractivity contribution in [3.8, 4) is 0 Å². The second-order valence-corrected chi connectivity index (χ2v) is 6.60. The molecule has 0 aliphatic carbocycles. The van der Waals surface area contributed by atoms with E-state index in [1.54, 1.807) is 11.3 Å². The molecule has 2 heterocycles. The lowest BCUT2D eigenvalue weighted by Crippen LogP contribution is -2.40. The highest BCUT2D eigenvalue weighted by Crippen LogP contribution is 2.37. The molecule has 1 aromatic rings. The number of hydrogen-bond acceptors (Lipinski definition) is 4. The average Bonchev–Trinajstić information content (AvgIpc) is 2.67. The molecule has 6 heteroatoms. The standard InChI is InChI=1S/C11H15BrClNO2S/c1-2-14-10(8-6-15-3-4-16-8)9-5-7(13)11(12)17-9/h5,8,10,14H,2-4,6H2,1H3. The van der Waals surface area contributed by atoms with Crippen LogP contribution < -0.4 is 5.32 Å². The van der Waals surface area contributed by atoms with Gasteiger partial charge in [-0.15, -0.1) is 11.3 Å². The van der Waals surface area contributed by atoms with Crippen LogP contribution in [0.2, 0.25) is 5.02 Å². The van der Waals surface area contributed by atoms with Crippen molar-refractivity contribution in [3.63, 3.8) is 0 Å². The summed E-state index contributed by atoms with van der Waals surface area (Å²) < 4.78 is 12.2. The average molecular weight is 341 g/mol. The highest BCUT2D eigenvalue weighted by atomic mass is 79.9. The third kappa shape index (κ3) is 3.43. The molecule has 1 saturated heterocycles. The van der Waals surface area contributed by atoms with E-state index in [9.17, 15) is 0 Å². The van der Waals surface area contributed by atoms with Crippen molar-refractivity contribution in [2.45, 2.75) is 19.1 Å². The van der Waals surface area contributed by atoms with Crippen LogP contribution in [-0.2, 0) is 9.47 Å². The molecule has 0 amide bonds. The Kier molecular flexibility index (Phi) is 5.26. The van der Waals surface area contributed by atoms with E-state index in [4.69, 9.17) is 21.1 Å². The molecule has 1 aliphatic rings. The fourth-order valence-corrected chi connectivity index (χ4v) is 3.73. The van der Waals surface area contributed by atoms with Gasteiger partial charge in [0.05, 0.1) is 34.7 Å². The van der Waals surface area contributed by atoms with E-state index >= 15 is 0 Å². The first-order valence-electron chi connectivity index (χ1n) is 5.59. The van der Waals surface area contributed by atoms with Gasteiger partial charge in [-0.1, -0.05) is 18.5 Å². The predicted octanol–water partition coefficient (Wildman–Crippen LogP) is 3.23. The van der Waals surface area contributed by atoms with Gasteiger partial charge in [0.15, 0.2) is 0 Å². The second kappa shape index (κ2) is 6.50. The van der Waals surface area contributed by atoms with Crippen LogP contribution in [0.15, 0.2) is 9.85 Å². The van der Waals surface area contributed by atoms with Gasteiger partial charge in [0.1, 0.15) is 6.10 Å². The molecule has 0 spiro atoms. The van der Waals surface area contributed by atoms with Gasteiger partial charge < -0.3 is 14.8 Å². The molecule has 0 saturated carbocycles. The molecule has 3 nitrogen and oxygen atoms in total. The molecule has 2 rings (SSSR count). The molecule has 17 heavy (non-hydrogen) atoms. The van der Waals surface area contributed by atoms with Crippen LogP contribution in [0, 0.1) is 0 Å². The number of likely N-dealkylation sites (N-methyl/N-ethyl adjacent to an activating group) is 1. The van der Waals surface area contributed by atoms with Crippen LogP contribution in [0.1, 0.15) is 17.8 Å². The zero-order chi connectivity index (χ0) is 12.3. The summed E-state index contributed by atoms with van der Waals surface area (Å²) in [5, 5.41) is 4.19. The summed E-state index contributed by atoms with van der Waals surface area (Å²) in [6.07, 6.45) is 0.0605. The zero-order valence-electron chi connectivity index (χ0n) is 9.54. The van der Waals surface area contributed by atoms with E-state index in [1.807, 2.05) is 6.07 Å². The van der Waals surface area contributed by atoms with Gasteiger partial charge in [0.25, 0.3) is 0 Å². The number of halogens is 2. The van der Waals surface area contributed by atoms with Crippen LogP contribution in [0.4, 0.5) is 0 Å². The van der Waals surface area contributed by atoms with E-state index in [1.165, 1.54) is 4.88 Å². The summed E-state index contributed by atoms with van der Waals surface area (Å²) in [5.41, 5.74) is 0. The Hall–Kier alpha value is 0.350. The number of ether oxygens (including phenoxy) is 2. The van der Waals surface area contributed by atoms with Crippen molar-refractivity contribution < 1.29 is 9.47 Å². The number of thiophene rings is 1. The molecule has 1 aromatic heterocycles. The SMILES string of the molecule is CCNC(c1cc(Cl)c(Br)s1)C1COCCO1. The van der Waals surface area contributed by atoms with E-state index in [-0.39, 0.29) is 12.1 Å². The minimum atomic E-state index is 0.0605. The van der Waals surface area contributed by atoms with Gasteiger partial charge in [-0.2, -0.15) is 0 Å². The highest BCUT2D eigenvalue weighted by molar-refractivity contribution is 9.11. The Balaban J connectivity index is 2.15. The van der Waals surface area contributed by atoms with E-state index < -0.39 is 0 Å². The zero-order valence-corrected chi connectivity index (χ0v) is 12.7. The number of rotatable bonds is 4. The van der Waals surface area contributed by atoms with Crippen LogP contribution in [0.5, 0.6) is 0 Å². The topological polar surface area (TPSA) is 30.5 Å². The summed E-state index contributed by atoms with van der Waals surface area (Å²) in [6, 6.07) is 2.14. The van der Waals surface area contributed by atoms with Crippen molar-refractivity contribution in [3.05, 3.63) is 19.8 Å². The smallest absolute Gasteiger partial charge is 0.101 e. The third-order valence-corrected chi connectivity index (χ3v) is 5.17. The lowest BCUT2D eigenvalue weighted by atomic mass is 10.1. The van der Waals surface area contributed by atoms with Gasteiger partial charge in [-0.3, -0.25) is 0 Å². The molecule has 1 fully saturated rings. The lowest BCUT2D eigenvalue weighted by Gasteiger charge is -2.30. The molecule has 1 N–H and O–H groups in total. The minimum Gasteiger partial charge on any atom is -0.376 e. The molecule has 0 radical (unpaired) electrons. The summed E-state index contributed by atoms with van der Waals surface area (Å²) >= 11 is 11.2. The van der Waals surface area contributed by atoms with Crippen LogP contribution in [-0.4, -0.2) is 32.5 Å². The Labute approximate surface area is 119 Å². The fraction of sp³-hybridized carbons (Fsp3) is 0.636. The molecular formula is C11H15BrClNO2S. The summed E-state index contributed by atoms with van der Waals surface area (Å²) in [7, 11) is 0. The Morgan fingerprint density at radius 3 is 3.00 bits per heavy atom. The third-order valence-electron chi connectivity index (χ3n) is 2.61. The molecule has 96 valence electrons.